The van der Waals surface area contributed by atoms with E-state index >= 15 is 0 Å². The van der Waals surface area contributed by atoms with E-state index in [0.717, 1.165) is 5.56 Å². The number of nitrogens with zero attached hydrogens (tertiary/aromatic N) is 4. The lowest BCUT2D eigenvalue weighted by Gasteiger charge is -2.23. The molecule has 2 rings (SSSR count). The minimum atomic E-state index is -1.07. The molecule has 29 heavy (non-hydrogen) atoms. The number of rotatable bonds is 11. The average molecular weight is 404 g/mol. The first kappa shape index (κ1) is 22.4. The third kappa shape index (κ3) is 7.24. The fourth-order valence-corrected chi connectivity index (χ4v) is 2.49. The van der Waals surface area contributed by atoms with Crippen LogP contribution in [0.4, 0.5) is 0 Å². The molecule has 0 spiro atoms. The van der Waals surface area contributed by atoms with E-state index in [1.54, 1.807) is 18.5 Å². The Morgan fingerprint density at radius 1 is 1.28 bits per heavy atom. The number of aromatic nitrogens is 4. The molecule has 2 aromatic rings. The standard InChI is InChI=1S/C19H28N6O4/c1-19(2,20)18(27)21-15(13-29-12-14-8-5-4-6-9-14)17-22-23-24-25(17)11-7-10-16(26)28-3/h4-6,8-9,15H,7,10-13,20H2,1-3H3,(H,21,27). The number of nitrogens with two attached hydrogens (primary N) is 1. The van der Waals surface area contributed by atoms with Gasteiger partial charge in [-0.15, -0.1) is 5.10 Å². The first-order valence-corrected chi connectivity index (χ1v) is 9.35. The van der Waals surface area contributed by atoms with Gasteiger partial charge >= 0.3 is 5.97 Å². The molecule has 1 atom stereocenters. The van der Waals surface area contributed by atoms with Crippen molar-refractivity contribution in [1.29, 1.82) is 0 Å². The van der Waals surface area contributed by atoms with Crippen LogP contribution in [-0.4, -0.2) is 51.3 Å². The Labute approximate surface area is 169 Å². The van der Waals surface area contributed by atoms with Crippen molar-refractivity contribution in [3.63, 3.8) is 0 Å². The van der Waals surface area contributed by atoms with Gasteiger partial charge in [-0.25, -0.2) is 4.68 Å². The summed E-state index contributed by atoms with van der Waals surface area (Å²) in [5, 5.41) is 14.6. The van der Waals surface area contributed by atoms with Gasteiger partial charge in [0, 0.05) is 13.0 Å². The molecule has 0 radical (unpaired) electrons. The first-order chi connectivity index (χ1) is 13.8. The molecule has 1 amide bonds. The highest BCUT2D eigenvalue weighted by Gasteiger charge is 2.28. The van der Waals surface area contributed by atoms with Gasteiger partial charge in [-0.2, -0.15) is 0 Å². The maximum atomic E-state index is 12.4. The van der Waals surface area contributed by atoms with Gasteiger partial charge in [0.2, 0.25) is 5.91 Å². The molecule has 1 unspecified atom stereocenters. The van der Waals surface area contributed by atoms with Crippen LogP contribution in [0.3, 0.4) is 0 Å². The molecule has 10 nitrogen and oxygen atoms in total. The Kier molecular flexibility index (Phi) is 8.22. The van der Waals surface area contributed by atoms with Crippen molar-refractivity contribution in [2.45, 2.75) is 51.4 Å². The van der Waals surface area contributed by atoms with Crippen LogP contribution in [0.1, 0.15) is 44.1 Å². The summed E-state index contributed by atoms with van der Waals surface area (Å²) in [6.07, 6.45) is 0.742. The number of aryl methyl sites for hydroxylation is 1. The van der Waals surface area contributed by atoms with E-state index in [-0.39, 0.29) is 24.9 Å². The predicted molar refractivity (Wildman–Crippen MR) is 104 cm³/mol. The highest BCUT2D eigenvalue weighted by atomic mass is 16.5. The van der Waals surface area contributed by atoms with E-state index in [4.69, 9.17) is 10.5 Å². The summed E-state index contributed by atoms with van der Waals surface area (Å²) >= 11 is 0. The lowest BCUT2D eigenvalue weighted by molar-refractivity contribution is -0.140. The molecule has 0 aliphatic heterocycles. The Bertz CT molecular complexity index is 787. The molecule has 0 saturated heterocycles. The summed E-state index contributed by atoms with van der Waals surface area (Å²) < 4.78 is 12.0. The second-order valence-corrected chi connectivity index (χ2v) is 7.19. The van der Waals surface area contributed by atoms with Crippen molar-refractivity contribution < 1.29 is 19.1 Å². The summed E-state index contributed by atoms with van der Waals surface area (Å²) in [4.78, 5) is 23.7. The normalized spacial score (nSPS) is 12.4. The molecule has 10 heteroatoms. The number of ether oxygens (including phenoxy) is 2. The number of hydrogen-bond donors (Lipinski definition) is 2. The first-order valence-electron chi connectivity index (χ1n) is 9.35. The van der Waals surface area contributed by atoms with E-state index in [0.29, 0.717) is 25.4 Å². The zero-order valence-electron chi connectivity index (χ0n) is 17.0. The predicted octanol–water partition coefficient (Wildman–Crippen LogP) is 0.738. The van der Waals surface area contributed by atoms with Crippen LogP contribution in [0.15, 0.2) is 30.3 Å². The molecule has 0 aliphatic rings. The van der Waals surface area contributed by atoms with Gasteiger partial charge in [-0.3, -0.25) is 9.59 Å². The SMILES string of the molecule is COC(=O)CCCn1nnnc1C(COCc1ccccc1)NC(=O)C(C)(C)N. The van der Waals surface area contributed by atoms with Crippen molar-refractivity contribution in [2.24, 2.45) is 5.73 Å². The molecular formula is C19H28N6O4. The molecule has 0 fully saturated rings. The molecule has 1 aromatic heterocycles. The minimum absolute atomic E-state index is 0.161. The third-order valence-corrected chi connectivity index (χ3v) is 4.14. The minimum Gasteiger partial charge on any atom is -0.469 e. The molecule has 0 saturated carbocycles. The lowest BCUT2D eigenvalue weighted by atomic mass is 10.1. The zero-order valence-corrected chi connectivity index (χ0v) is 17.0. The summed E-state index contributed by atoms with van der Waals surface area (Å²) in [6, 6.07) is 9.09. The Hall–Kier alpha value is -2.85. The summed E-state index contributed by atoms with van der Waals surface area (Å²) in [5.74, 6) is -0.226. The van der Waals surface area contributed by atoms with E-state index < -0.39 is 11.6 Å². The molecule has 1 aromatic carbocycles. The molecule has 0 aliphatic carbocycles. The fourth-order valence-electron chi connectivity index (χ4n) is 2.49. The van der Waals surface area contributed by atoms with Gasteiger partial charge in [0.1, 0.15) is 6.04 Å². The fraction of sp³-hybridized carbons (Fsp3) is 0.526. The van der Waals surface area contributed by atoms with Gasteiger partial charge < -0.3 is 20.5 Å². The number of hydrogen-bond acceptors (Lipinski definition) is 8. The van der Waals surface area contributed by atoms with E-state index in [1.807, 2.05) is 30.3 Å². The zero-order chi connectivity index (χ0) is 21.3. The topological polar surface area (TPSA) is 134 Å². The third-order valence-electron chi connectivity index (χ3n) is 4.14. The maximum absolute atomic E-state index is 12.4. The van der Waals surface area contributed by atoms with Gasteiger partial charge in [0.25, 0.3) is 0 Å². The Morgan fingerprint density at radius 2 is 2.00 bits per heavy atom. The quantitative estimate of drug-likeness (QED) is 0.524. The smallest absolute Gasteiger partial charge is 0.305 e. The van der Waals surface area contributed by atoms with Crippen molar-refractivity contribution in [3.05, 3.63) is 41.7 Å². The number of esters is 1. The van der Waals surface area contributed by atoms with E-state index in [1.165, 1.54) is 7.11 Å². The second-order valence-electron chi connectivity index (χ2n) is 7.19. The molecular weight excluding hydrogens is 376 g/mol. The van der Waals surface area contributed by atoms with Gasteiger partial charge in [-0.05, 0) is 36.3 Å². The second kappa shape index (κ2) is 10.6. The van der Waals surface area contributed by atoms with Crippen molar-refractivity contribution in [3.8, 4) is 0 Å². The summed E-state index contributed by atoms with van der Waals surface area (Å²) in [7, 11) is 1.34. The Balaban J connectivity index is 2.07. The number of tetrazole rings is 1. The van der Waals surface area contributed by atoms with Crippen LogP contribution in [0.5, 0.6) is 0 Å². The number of benzene rings is 1. The number of methoxy groups -OCH3 is 1. The van der Waals surface area contributed by atoms with Crippen molar-refractivity contribution in [2.75, 3.05) is 13.7 Å². The van der Waals surface area contributed by atoms with Crippen LogP contribution in [0, 0.1) is 0 Å². The number of amides is 1. The van der Waals surface area contributed by atoms with Crippen LogP contribution >= 0.6 is 0 Å². The van der Waals surface area contributed by atoms with Gasteiger partial charge in [0.05, 0.1) is 25.9 Å². The van der Waals surface area contributed by atoms with Crippen LogP contribution in [0.25, 0.3) is 0 Å². The van der Waals surface area contributed by atoms with Gasteiger partial charge in [-0.1, -0.05) is 30.3 Å². The van der Waals surface area contributed by atoms with Crippen LogP contribution in [-0.2, 0) is 32.2 Å². The molecule has 0 bridgehead atoms. The molecule has 1 heterocycles. The maximum Gasteiger partial charge on any atom is 0.305 e. The lowest BCUT2D eigenvalue weighted by Crippen LogP contribution is -2.51. The average Bonchev–Trinajstić information content (AvgIpc) is 3.15. The highest BCUT2D eigenvalue weighted by Crippen LogP contribution is 2.14. The molecule has 3 N–H and O–H groups in total. The van der Waals surface area contributed by atoms with Gasteiger partial charge in [0.15, 0.2) is 5.82 Å². The van der Waals surface area contributed by atoms with Crippen LogP contribution < -0.4 is 11.1 Å². The van der Waals surface area contributed by atoms with Crippen molar-refractivity contribution in [1.82, 2.24) is 25.5 Å². The van der Waals surface area contributed by atoms with Crippen molar-refractivity contribution >= 4 is 11.9 Å². The largest absolute Gasteiger partial charge is 0.469 e. The summed E-state index contributed by atoms with van der Waals surface area (Å²) in [5.41, 5.74) is 5.84. The van der Waals surface area contributed by atoms with E-state index in [9.17, 15) is 9.59 Å². The van der Waals surface area contributed by atoms with E-state index in [2.05, 4.69) is 25.6 Å². The van der Waals surface area contributed by atoms with Crippen LogP contribution in [0.2, 0.25) is 0 Å². The highest BCUT2D eigenvalue weighted by molar-refractivity contribution is 5.85. The summed E-state index contributed by atoms with van der Waals surface area (Å²) in [6.45, 7) is 4.17. The molecule has 158 valence electrons. The number of nitrogens with one attached hydrogen (secondary N) is 1. The number of carbonyl (C=O) groups excluding carboxylic acids is 2. The Morgan fingerprint density at radius 3 is 2.66 bits per heavy atom. The monoisotopic (exact) mass is 404 g/mol. The number of carbonyl (C=O) groups is 2.